The summed E-state index contributed by atoms with van der Waals surface area (Å²) in [6, 6.07) is 3.70. The number of alkyl carbamates (subject to hydrolysis) is 1. The van der Waals surface area contributed by atoms with Crippen molar-refractivity contribution >= 4 is 35.3 Å². The number of benzene rings is 1. The number of amides is 1. The molecule has 7 heteroatoms. The normalized spacial score (nSPS) is 16.3. The lowest BCUT2D eigenvalue weighted by Crippen LogP contribution is -2.43. The van der Waals surface area contributed by atoms with Crippen LogP contribution < -0.4 is 5.32 Å². The third kappa shape index (κ3) is 4.78. The number of rotatable bonds is 5. The van der Waals surface area contributed by atoms with E-state index in [-0.39, 0.29) is 12.5 Å². The Balaban J connectivity index is 1.97. The van der Waals surface area contributed by atoms with Crippen LogP contribution in [0.5, 0.6) is 0 Å². The van der Waals surface area contributed by atoms with Gasteiger partial charge in [0.2, 0.25) is 0 Å². The van der Waals surface area contributed by atoms with Crippen LogP contribution in [0.3, 0.4) is 0 Å². The molecule has 5 nitrogen and oxygen atoms in total. The van der Waals surface area contributed by atoms with Crippen LogP contribution in [0.1, 0.15) is 31.2 Å². The van der Waals surface area contributed by atoms with Gasteiger partial charge in [0, 0.05) is 16.5 Å². The van der Waals surface area contributed by atoms with Crippen LogP contribution in [-0.4, -0.2) is 29.3 Å². The molecular weight excluding hydrogens is 329 g/mol. The first kappa shape index (κ1) is 16.9. The molecule has 2 rings (SSSR count). The first-order valence-electron chi connectivity index (χ1n) is 7.09. The van der Waals surface area contributed by atoms with Gasteiger partial charge in [-0.15, -0.1) is 0 Å². The van der Waals surface area contributed by atoms with Crippen LogP contribution in [0.2, 0.25) is 10.0 Å². The van der Waals surface area contributed by atoms with Gasteiger partial charge in [-0.05, 0) is 43.4 Å². The highest BCUT2D eigenvalue weighted by atomic mass is 35.5. The van der Waals surface area contributed by atoms with Gasteiger partial charge in [-0.3, -0.25) is 0 Å². The number of aliphatic carboxylic acids is 1. The van der Waals surface area contributed by atoms with Gasteiger partial charge in [0.05, 0.1) is 0 Å². The summed E-state index contributed by atoms with van der Waals surface area (Å²) < 4.78 is 5.21. The highest BCUT2D eigenvalue weighted by Gasteiger charge is 2.25. The molecule has 2 N–H and O–H groups in total. The topological polar surface area (TPSA) is 75.6 Å². The molecule has 1 atom stereocenters. The fraction of sp³-hybridized carbons (Fsp3) is 0.467. The second kappa shape index (κ2) is 7.70. The number of ether oxygens (including phenoxy) is 1. The highest BCUT2D eigenvalue weighted by molar-refractivity contribution is 6.35. The Labute approximate surface area is 138 Å². The minimum atomic E-state index is -1.14. The summed E-state index contributed by atoms with van der Waals surface area (Å²) in [5.74, 6) is -1.14. The minimum Gasteiger partial charge on any atom is -0.480 e. The van der Waals surface area contributed by atoms with Gasteiger partial charge in [-0.2, -0.15) is 0 Å². The lowest BCUT2D eigenvalue weighted by Gasteiger charge is -2.17. The number of hydrogen-bond donors (Lipinski definition) is 2. The summed E-state index contributed by atoms with van der Waals surface area (Å²) in [4.78, 5) is 23.1. The number of carboxylic acids is 1. The van der Waals surface area contributed by atoms with Crippen LogP contribution >= 0.6 is 23.2 Å². The first-order chi connectivity index (χ1) is 10.5. The molecule has 0 aliphatic heterocycles. The number of carbonyl (C=O) groups excluding carboxylic acids is 1. The monoisotopic (exact) mass is 345 g/mol. The Hall–Kier alpha value is -1.46. The van der Waals surface area contributed by atoms with E-state index in [0.29, 0.717) is 15.6 Å². The van der Waals surface area contributed by atoms with E-state index in [2.05, 4.69) is 5.32 Å². The molecule has 1 aliphatic carbocycles. The number of hydrogen-bond acceptors (Lipinski definition) is 3. The standard InChI is InChI=1S/C15H17Cl2NO4/c16-10-6-5-9(12(17)8-10)7-13(14(19)20)18-15(21)22-11-3-1-2-4-11/h5-6,8,11,13H,1-4,7H2,(H,18,21)(H,19,20)/t13-/m1/s1. The van der Waals surface area contributed by atoms with Gasteiger partial charge >= 0.3 is 12.1 Å². The lowest BCUT2D eigenvalue weighted by atomic mass is 10.1. The summed E-state index contributed by atoms with van der Waals surface area (Å²) in [5, 5.41) is 12.5. The Morgan fingerprint density at radius 1 is 1.32 bits per heavy atom. The molecular formula is C15H17Cl2NO4. The van der Waals surface area contributed by atoms with Crippen molar-refractivity contribution in [1.29, 1.82) is 0 Å². The molecule has 1 saturated carbocycles. The Kier molecular flexibility index (Phi) is 5.91. The van der Waals surface area contributed by atoms with Gasteiger partial charge in [0.15, 0.2) is 0 Å². The van der Waals surface area contributed by atoms with Gasteiger partial charge in [0.25, 0.3) is 0 Å². The molecule has 1 aromatic carbocycles. The molecule has 0 spiro atoms. The SMILES string of the molecule is O=C(N[C@H](Cc1ccc(Cl)cc1Cl)C(=O)O)OC1CCCC1. The molecule has 1 amide bonds. The smallest absolute Gasteiger partial charge is 0.408 e. The molecule has 0 unspecified atom stereocenters. The second-order valence-electron chi connectivity index (χ2n) is 5.29. The zero-order chi connectivity index (χ0) is 16.1. The Bertz CT molecular complexity index is 558. The Morgan fingerprint density at radius 3 is 2.59 bits per heavy atom. The van der Waals surface area contributed by atoms with Crippen molar-refractivity contribution < 1.29 is 19.4 Å². The summed E-state index contributed by atoms with van der Waals surface area (Å²) in [6.07, 6.45) is 2.95. The van der Waals surface area contributed by atoms with Gasteiger partial charge in [0.1, 0.15) is 12.1 Å². The van der Waals surface area contributed by atoms with E-state index < -0.39 is 18.1 Å². The predicted molar refractivity (Wildman–Crippen MR) is 83.5 cm³/mol. The zero-order valence-electron chi connectivity index (χ0n) is 11.9. The quantitative estimate of drug-likeness (QED) is 0.853. The van der Waals surface area contributed by atoms with Gasteiger partial charge < -0.3 is 15.2 Å². The highest BCUT2D eigenvalue weighted by Crippen LogP contribution is 2.23. The number of halogens is 2. The Morgan fingerprint density at radius 2 is 2.00 bits per heavy atom. The van der Waals surface area contributed by atoms with Crippen molar-refractivity contribution in [1.82, 2.24) is 5.32 Å². The zero-order valence-corrected chi connectivity index (χ0v) is 13.4. The molecule has 0 aromatic heterocycles. The van der Waals surface area contributed by atoms with Crippen molar-refractivity contribution in [2.24, 2.45) is 0 Å². The van der Waals surface area contributed by atoms with Gasteiger partial charge in [-0.25, -0.2) is 9.59 Å². The first-order valence-corrected chi connectivity index (χ1v) is 7.85. The largest absolute Gasteiger partial charge is 0.480 e. The second-order valence-corrected chi connectivity index (χ2v) is 6.13. The van der Waals surface area contributed by atoms with Crippen molar-refractivity contribution in [3.63, 3.8) is 0 Å². The average molecular weight is 346 g/mol. The van der Waals surface area contributed by atoms with E-state index >= 15 is 0 Å². The molecule has 0 saturated heterocycles. The molecule has 0 radical (unpaired) electrons. The third-order valence-corrected chi connectivity index (χ3v) is 4.19. The summed E-state index contributed by atoms with van der Waals surface area (Å²) >= 11 is 11.8. The average Bonchev–Trinajstić information content (AvgIpc) is 2.93. The molecule has 120 valence electrons. The van der Waals surface area contributed by atoms with Crippen LogP contribution in [0.4, 0.5) is 4.79 Å². The molecule has 0 bridgehead atoms. The number of carbonyl (C=O) groups is 2. The van der Waals surface area contributed by atoms with E-state index in [1.807, 2.05) is 0 Å². The fourth-order valence-corrected chi connectivity index (χ4v) is 2.93. The van der Waals surface area contributed by atoms with Crippen LogP contribution in [0.25, 0.3) is 0 Å². The molecule has 1 aromatic rings. The van der Waals surface area contributed by atoms with E-state index in [0.717, 1.165) is 25.7 Å². The van der Waals surface area contributed by atoms with Gasteiger partial charge in [-0.1, -0.05) is 29.3 Å². The molecule has 1 fully saturated rings. The van der Waals surface area contributed by atoms with Crippen LogP contribution in [-0.2, 0) is 16.0 Å². The molecule has 22 heavy (non-hydrogen) atoms. The van der Waals surface area contributed by atoms with E-state index in [9.17, 15) is 14.7 Å². The van der Waals surface area contributed by atoms with E-state index in [4.69, 9.17) is 27.9 Å². The van der Waals surface area contributed by atoms with Crippen molar-refractivity contribution in [2.45, 2.75) is 44.2 Å². The van der Waals surface area contributed by atoms with E-state index in [1.165, 1.54) is 6.07 Å². The fourth-order valence-electron chi connectivity index (χ4n) is 2.44. The third-order valence-electron chi connectivity index (χ3n) is 3.61. The van der Waals surface area contributed by atoms with E-state index in [1.54, 1.807) is 12.1 Å². The molecule has 0 heterocycles. The molecule has 1 aliphatic rings. The maximum atomic E-state index is 11.8. The van der Waals surface area contributed by atoms with Crippen molar-refractivity contribution in [2.75, 3.05) is 0 Å². The maximum Gasteiger partial charge on any atom is 0.408 e. The summed E-state index contributed by atoms with van der Waals surface area (Å²) in [7, 11) is 0. The number of carboxylic acid groups (broad SMARTS) is 1. The maximum absolute atomic E-state index is 11.8. The van der Waals surface area contributed by atoms with Crippen molar-refractivity contribution in [3.8, 4) is 0 Å². The predicted octanol–water partition coefficient (Wildman–Crippen LogP) is 3.66. The lowest BCUT2D eigenvalue weighted by molar-refractivity contribution is -0.139. The summed E-state index contributed by atoms with van der Waals surface area (Å²) in [5.41, 5.74) is 0.597. The van der Waals surface area contributed by atoms with Crippen molar-refractivity contribution in [3.05, 3.63) is 33.8 Å². The van der Waals surface area contributed by atoms with Crippen LogP contribution in [0.15, 0.2) is 18.2 Å². The van der Waals surface area contributed by atoms with Crippen LogP contribution in [0, 0.1) is 0 Å². The number of nitrogens with one attached hydrogen (secondary N) is 1. The summed E-state index contributed by atoms with van der Waals surface area (Å²) in [6.45, 7) is 0. The minimum absolute atomic E-state index is 0.0606.